The minimum absolute atomic E-state index is 0.154. The number of hydrogen-bond donors (Lipinski definition) is 4. The van der Waals surface area contributed by atoms with E-state index in [1.54, 1.807) is 24.3 Å². The Hall–Kier alpha value is -3.24. The zero-order valence-electron chi connectivity index (χ0n) is 14.0. The number of nitrogens with one attached hydrogen (secondary N) is 2. The molecule has 5 N–H and O–H groups in total. The van der Waals surface area contributed by atoms with Crippen LogP contribution in [-0.4, -0.2) is 19.5 Å². The van der Waals surface area contributed by atoms with Crippen LogP contribution in [-0.2, 0) is 23.1 Å². The third-order valence-corrected chi connectivity index (χ3v) is 4.67. The number of rotatable bonds is 8. The molecule has 9 nitrogen and oxygen atoms in total. The number of carbonyl (C=O) groups is 1. The Balaban J connectivity index is 1.97. The molecule has 0 atom stereocenters. The third kappa shape index (κ3) is 4.49. The number of hydrogen-bond acceptors (Lipinski definition) is 7. The number of primary sulfonamides is 1. The molecule has 0 bridgehead atoms. The monoisotopic (exact) mass is 391 g/mol. The van der Waals surface area contributed by atoms with Gasteiger partial charge in [0.2, 0.25) is 10.0 Å². The van der Waals surface area contributed by atoms with Gasteiger partial charge in [0.15, 0.2) is 0 Å². The second-order valence-electron chi connectivity index (χ2n) is 5.61. The van der Waals surface area contributed by atoms with Crippen LogP contribution < -0.4 is 15.8 Å². The van der Waals surface area contributed by atoms with E-state index in [0.717, 1.165) is 6.07 Å². The molecule has 3 aromatic rings. The number of benzene rings is 1. The highest BCUT2D eigenvalue weighted by atomic mass is 32.2. The van der Waals surface area contributed by atoms with E-state index in [4.69, 9.17) is 14.0 Å². The SMILES string of the molecule is NS(=O)(=O)c1cc(C(=O)O)c(NCc2ccco2)cc1NCc1ccco1. The van der Waals surface area contributed by atoms with E-state index in [0.29, 0.717) is 11.5 Å². The van der Waals surface area contributed by atoms with Crippen molar-refractivity contribution in [2.45, 2.75) is 18.0 Å². The number of aromatic carboxylic acids is 1. The predicted molar refractivity (Wildman–Crippen MR) is 96.8 cm³/mol. The maximum atomic E-state index is 11.9. The van der Waals surface area contributed by atoms with Gasteiger partial charge in [0, 0.05) is 0 Å². The van der Waals surface area contributed by atoms with Gasteiger partial charge in [-0.15, -0.1) is 0 Å². The van der Waals surface area contributed by atoms with Gasteiger partial charge in [-0.1, -0.05) is 0 Å². The average Bonchev–Trinajstić information content (AvgIpc) is 3.30. The predicted octanol–water partition coefficient (Wildman–Crippen LogP) is 2.44. The van der Waals surface area contributed by atoms with Crippen LogP contribution in [0.25, 0.3) is 0 Å². The molecule has 27 heavy (non-hydrogen) atoms. The van der Waals surface area contributed by atoms with Crippen molar-refractivity contribution in [2.24, 2.45) is 5.14 Å². The maximum Gasteiger partial charge on any atom is 0.337 e. The first-order chi connectivity index (χ1) is 12.8. The van der Waals surface area contributed by atoms with Crippen LogP contribution in [0.2, 0.25) is 0 Å². The number of furan rings is 2. The van der Waals surface area contributed by atoms with Gasteiger partial charge in [-0.3, -0.25) is 0 Å². The largest absolute Gasteiger partial charge is 0.478 e. The number of carboxylic acids is 1. The molecule has 1 aromatic carbocycles. The molecule has 0 spiro atoms. The Bertz CT molecular complexity index is 1030. The molecule has 10 heteroatoms. The summed E-state index contributed by atoms with van der Waals surface area (Å²) >= 11 is 0. The first-order valence-corrected chi connectivity index (χ1v) is 9.36. The van der Waals surface area contributed by atoms with Gasteiger partial charge in [-0.2, -0.15) is 0 Å². The fraction of sp³-hybridized carbons (Fsp3) is 0.118. The van der Waals surface area contributed by atoms with E-state index in [9.17, 15) is 18.3 Å². The molecule has 0 unspecified atom stereocenters. The maximum absolute atomic E-state index is 11.9. The number of carboxylic acid groups (broad SMARTS) is 1. The van der Waals surface area contributed by atoms with Crippen molar-refractivity contribution in [1.29, 1.82) is 0 Å². The van der Waals surface area contributed by atoms with Crippen LogP contribution in [0.15, 0.2) is 62.7 Å². The van der Waals surface area contributed by atoms with Gasteiger partial charge in [0.1, 0.15) is 16.4 Å². The van der Waals surface area contributed by atoms with Crippen molar-refractivity contribution in [2.75, 3.05) is 10.6 Å². The van der Waals surface area contributed by atoms with Crippen LogP contribution in [0.4, 0.5) is 11.4 Å². The van der Waals surface area contributed by atoms with Crippen LogP contribution >= 0.6 is 0 Å². The highest BCUT2D eigenvalue weighted by Gasteiger charge is 2.21. The van der Waals surface area contributed by atoms with Crippen molar-refractivity contribution < 1.29 is 27.2 Å². The summed E-state index contributed by atoms with van der Waals surface area (Å²) in [4.78, 5) is 11.3. The lowest BCUT2D eigenvalue weighted by molar-refractivity contribution is 0.0697. The molecule has 0 saturated heterocycles. The quantitative estimate of drug-likeness (QED) is 0.458. The fourth-order valence-electron chi connectivity index (χ4n) is 2.47. The van der Waals surface area contributed by atoms with E-state index in [-0.39, 0.29) is 34.9 Å². The minimum Gasteiger partial charge on any atom is -0.478 e. The highest BCUT2D eigenvalue weighted by molar-refractivity contribution is 7.89. The topological polar surface area (TPSA) is 148 Å². The minimum atomic E-state index is -4.16. The Morgan fingerprint density at radius 1 is 1.00 bits per heavy atom. The fourth-order valence-corrected chi connectivity index (χ4v) is 3.19. The summed E-state index contributed by atoms with van der Waals surface area (Å²) in [5.74, 6) is -0.130. The third-order valence-electron chi connectivity index (χ3n) is 3.72. The van der Waals surface area contributed by atoms with Gasteiger partial charge in [-0.25, -0.2) is 18.4 Å². The van der Waals surface area contributed by atoms with Crippen molar-refractivity contribution >= 4 is 27.4 Å². The molecular weight excluding hydrogens is 374 g/mol. The van der Waals surface area contributed by atoms with Gasteiger partial charge in [-0.05, 0) is 36.4 Å². The molecule has 0 aliphatic carbocycles. The van der Waals surface area contributed by atoms with Gasteiger partial charge >= 0.3 is 5.97 Å². The summed E-state index contributed by atoms with van der Waals surface area (Å²) in [7, 11) is -4.16. The second-order valence-corrected chi connectivity index (χ2v) is 7.14. The highest BCUT2D eigenvalue weighted by Crippen LogP contribution is 2.29. The standard InChI is InChI=1S/C17H17N3O6S/c18-27(23,24)16-7-13(17(21)22)14(19-9-11-3-1-5-25-11)8-15(16)20-10-12-4-2-6-26-12/h1-8,19-20H,9-10H2,(H,21,22)(H2,18,23,24). The molecule has 3 rings (SSSR count). The number of sulfonamides is 1. The normalized spacial score (nSPS) is 11.3. The van der Waals surface area contributed by atoms with Gasteiger partial charge in [0.25, 0.3) is 0 Å². The Morgan fingerprint density at radius 2 is 1.56 bits per heavy atom. The second kappa shape index (κ2) is 7.56. The molecule has 2 aromatic heterocycles. The lowest BCUT2D eigenvalue weighted by Gasteiger charge is -2.15. The molecule has 0 aliphatic heterocycles. The number of nitrogens with two attached hydrogens (primary N) is 1. The summed E-state index contributed by atoms with van der Waals surface area (Å²) in [6.07, 6.45) is 2.98. The zero-order valence-corrected chi connectivity index (χ0v) is 14.8. The Morgan fingerprint density at radius 3 is 2.00 bits per heavy atom. The van der Waals surface area contributed by atoms with E-state index in [1.807, 2.05) is 0 Å². The van der Waals surface area contributed by atoms with Gasteiger partial charge < -0.3 is 24.6 Å². The van der Waals surface area contributed by atoms with Crippen LogP contribution in [0.3, 0.4) is 0 Å². The number of anilines is 2. The van der Waals surface area contributed by atoms with Crippen molar-refractivity contribution in [1.82, 2.24) is 0 Å². The molecule has 142 valence electrons. The van der Waals surface area contributed by atoms with E-state index in [2.05, 4.69) is 10.6 Å². The first kappa shape index (κ1) is 18.5. The molecule has 0 fully saturated rings. The summed E-state index contributed by atoms with van der Waals surface area (Å²) in [5, 5.41) is 20.6. The summed E-state index contributed by atoms with van der Waals surface area (Å²) in [6.45, 7) is 0.416. The molecule has 0 radical (unpaired) electrons. The van der Waals surface area contributed by atoms with E-state index in [1.165, 1.54) is 18.6 Å². The van der Waals surface area contributed by atoms with E-state index >= 15 is 0 Å². The van der Waals surface area contributed by atoms with Crippen LogP contribution in [0, 0.1) is 0 Å². The molecule has 0 amide bonds. The summed E-state index contributed by atoms with van der Waals surface area (Å²) in [5.41, 5.74) is 0.142. The lowest BCUT2D eigenvalue weighted by Crippen LogP contribution is -2.17. The van der Waals surface area contributed by atoms with Gasteiger partial charge in [0.05, 0.1) is 42.6 Å². The molecule has 0 saturated carbocycles. The molecule has 0 aliphatic rings. The summed E-state index contributed by atoms with van der Waals surface area (Å²) in [6, 6.07) is 9.24. The van der Waals surface area contributed by atoms with Crippen molar-refractivity contribution in [3.63, 3.8) is 0 Å². The van der Waals surface area contributed by atoms with Crippen LogP contribution in [0.1, 0.15) is 21.9 Å². The first-order valence-electron chi connectivity index (χ1n) is 7.81. The van der Waals surface area contributed by atoms with Crippen molar-refractivity contribution in [3.8, 4) is 0 Å². The van der Waals surface area contributed by atoms with E-state index < -0.39 is 16.0 Å². The average molecular weight is 391 g/mol. The van der Waals surface area contributed by atoms with Crippen LogP contribution in [0.5, 0.6) is 0 Å². The Labute approximate surface area is 154 Å². The molecule has 2 heterocycles. The zero-order chi connectivity index (χ0) is 19.4. The smallest absolute Gasteiger partial charge is 0.337 e. The Kier molecular flexibility index (Phi) is 5.19. The van der Waals surface area contributed by atoms with Crippen molar-refractivity contribution in [3.05, 3.63) is 66.0 Å². The summed E-state index contributed by atoms with van der Waals surface area (Å²) < 4.78 is 34.3. The lowest BCUT2D eigenvalue weighted by atomic mass is 10.1. The molecular formula is C17H17N3O6S.